The van der Waals surface area contributed by atoms with Gasteiger partial charge in [0.1, 0.15) is 42.7 Å². The molecule has 2 aromatic rings. The van der Waals surface area contributed by atoms with E-state index < -0.39 is 74.3 Å². The maximum Gasteiger partial charge on any atom is 0.360 e. The molecule has 34 heavy (non-hydrogen) atoms. The van der Waals surface area contributed by atoms with Gasteiger partial charge in [-0.3, -0.25) is 4.74 Å². The number of ether oxygens (including phenoxy) is 4. The predicted molar refractivity (Wildman–Crippen MR) is 111 cm³/mol. The van der Waals surface area contributed by atoms with E-state index in [1.807, 2.05) is 0 Å². The Bertz CT molecular complexity index is 982. The van der Waals surface area contributed by atoms with Crippen molar-refractivity contribution in [2.45, 2.75) is 61.1 Å². The Kier molecular flexibility index (Phi) is 7.15. The van der Waals surface area contributed by atoms with Crippen LogP contribution >= 0.6 is 0 Å². The first-order valence-corrected chi connectivity index (χ1v) is 10.7. The molecule has 2 fully saturated rings. The number of fused-ring (bicyclic) bond motifs is 1. The zero-order chi connectivity index (χ0) is 24.8. The summed E-state index contributed by atoms with van der Waals surface area (Å²) in [5.41, 5.74) is 0.727. The molecule has 2 saturated heterocycles. The second-order valence-corrected chi connectivity index (χ2v) is 8.41. The van der Waals surface area contributed by atoms with Crippen LogP contribution in [0.25, 0.3) is 10.9 Å². The van der Waals surface area contributed by atoms with Crippen molar-refractivity contribution >= 4 is 10.9 Å². The molecule has 13 nitrogen and oxygen atoms in total. The number of para-hydroxylation sites is 1. The van der Waals surface area contributed by atoms with E-state index in [-0.39, 0.29) is 5.75 Å². The monoisotopic (exact) mass is 487 g/mol. The summed E-state index contributed by atoms with van der Waals surface area (Å²) in [6.07, 6.45) is -14.3. The minimum Gasteiger partial charge on any atom is -0.435 e. The lowest BCUT2D eigenvalue weighted by atomic mass is 9.96. The highest BCUT2D eigenvalue weighted by Crippen LogP contribution is 2.39. The van der Waals surface area contributed by atoms with Gasteiger partial charge in [-0.1, -0.05) is 12.1 Å². The summed E-state index contributed by atoms with van der Waals surface area (Å²) < 4.78 is 24.3. The lowest BCUT2D eigenvalue weighted by molar-refractivity contribution is -0.478. The number of rotatable bonds is 6. The zero-order valence-corrected chi connectivity index (χ0v) is 18.2. The van der Waals surface area contributed by atoms with Gasteiger partial charge in [0.05, 0.1) is 18.7 Å². The van der Waals surface area contributed by atoms with Crippen LogP contribution in [0.1, 0.15) is 0 Å². The van der Waals surface area contributed by atoms with Crippen LogP contribution in [0.4, 0.5) is 0 Å². The molecule has 0 radical (unpaired) electrons. The molecule has 3 heterocycles. The van der Waals surface area contributed by atoms with Crippen LogP contribution in [0.3, 0.4) is 0 Å². The maximum atomic E-state index is 10.9. The van der Waals surface area contributed by atoms with Crippen LogP contribution < -0.4 is 4.74 Å². The van der Waals surface area contributed by atoms with Crippen molar-refractivity contribution in [1.82, 2.24) is 4.57 Å². The Labute approximate surface area is 193 Å². The average Bonchev–Trinajstić information content (AvgIpc) is 3.15. The molecule has 1 aromatic heterocycles. The van der Waals surface area contributed by atoms with Gasteiger partial charge < -0.3 is 59.6 Å². The molecule has 13 heteroatoms. The molecule has 0 aliphatic carbocycles. The molecule has 0 spiro atoms. The summed E-state index contributed by atoms with van der Waals surface area (Å²) >= 11 is 0. The molecule has 2 aliphatic heterocycles. The van der Waals surface area contributed by atoms with E-state index in [9.17, 15) is 40.9 Å². The first-order chi connectivity index (χ1) is 16.1. The van der Waals surface area contributed by atoms with Gasteiger partial charge in [0.2, 0.25) is 0 Å². The van der Waals surface area contributed by atoms with Crippen molar-refractivity contribution in [1.29, 1.82) is 0 Å². The van der Waals surface area contributed by atoms with Crippen LogP contribution in [0.2, 0.25) is 0 Å². The Balaban J connectivity index is 1.75. The van der Waals surface area contributed by atoms with Gasteiger partial charge in [-0.15, -0.1) is 0 Å². The Hall–Kier alpha value is -1.88. The highest BCUT2D eigenvalue weighted by molar-refractivity contribution is 5.86. The summed E-state index contributed by atoms with van der Waals surface area (Å²) in [6, 6.07) is 7.02. The first-order valence-electron chi connectivity index (χ1n) is 10.7. The van der Waals surface area contributed by atoms with Crippen molar-refractivity contribution in [3.63, 3.8) is 0 Å². The molecular formula is C21H29NO12. The molecule has 190 valence electrons. The number of aliphatic hydroxyl groups excluding tert-OH is 8. The Morgan fingerprint density at radius 1 is 0.882 bits per heavy atom. The fourth-order valence-corrected chi connectivity index (χ4v) is 4.18. The molecule has 10 atom stereocenters. The summed E-state index contributed by atoms with van der Waals surface area (Å²) in [5.74, 6) is -2.55. The number of aliphatic hydroxyl groups is 8. The molecule has 0 saturated carbocycles. The van der Waals surface area contributed by atoms with Gasteiger partial charge in [-0.2, -0.15) is 0 Å². The molecule has 8 N–H and O–H groups in total. The summed E-state index contributed by atoms with van der Waals surface area (Å²) in [7, 11) is 1.73. The van der Waals surface area contributed by atoms with Gasteiger partial charge in [0.25, 0.3) is 0 Å². The van der Waals surface area contributed by atoms with Crippen molar-refractivity contribution in [2.75, 3.05) is 13.2 Å². The molecular weight excluding hydrogens is 458 g/mol. The zero-order valence-electron chi connectivity index (χ0n) is 18.2. The van der Waals surface area contributed by atoms with E-state index in [0.717, 1.165) is 5.52 Å². The number of aromatic nitrogens is 1. The minimum absolute atomic E-state index is 0.113. The lowest BCUT2D eigenvalue weighted by Crippen LogP contribution is -2.71. The fourth-order valence-electron chi connectivity index (χ4n) is 4.18. The van der Waals surface area contributed by atoms with Crippen LogP contribution in [0.5, 0.6) is 5.75 Å². The number of hydrogen-bond acceptors (Lipinski definition) is 12. The van der Waals surface area contributed by atoms with Gasteiger partial charge in [-0.05, 0) is 12.1 Å². The quantitative estimate of drug-likeness (QED) is 0.187. The first kappa shape index (κ1) is 25.2. The second kappa shape index (κ2) is 9.64. The van der Waals surface area contributed by atoms with E-state index in [1.165, 1.54) is 6.20 Å². The van der Waals surface area contributed by atoms with Crippen LogP contribution in [0, 0.1) is 0 Å². The molecule has 0 bridgehead atoms. The van der Waals surface area contributed by atoms with E-state index in [0.29, 0.717) is 5.39 Å². The third-order valence-electron chi connectivity index (χ3n) is 6.15. The number of aryl methyl sites for hydroxylation is 1. The van der Waals surface area contributed by atoms with Crippen LogP contribution in [-0.2, 0) is 21.3 Å². The largest absolute Gasteiger partial charge is 0.435 e. The number of benzene rings is 1. The second-order valence-electron chi connectivity index (χ2n) is 8.41. The molecule has 2 aliphatic rings. The molecule has 0 amide bonds. The Morgan fingerprint density at radius 3 is 2.21 bits per heavy atom. The Morgan fingerprint density at radius 2 is 1.53 bits per heavy atom. The van der Waals surface area contributed by atoms with E-state index in [1.54, 1.807) is 35.9 Å². The van der Waals surface area contributed by atoms with E-state index >= 15 is 0 Å². The van der Waals surface area contributed by atoms with Gasteiger partial charge in [0.15, 0.2) is 18.1 Å². The third-order valence-corrected chi connectivity index (χ3v) is 6.15. The smallest absolute Gasteiger partial charge is 0.360 e. The van der Waals surface area contributed by atoms with Crippen molar-refractivity contribution in [3.8, 4) is 5.75 Å². The summed E-state index contributed by atoms with van der Waals surface area (Å²) in [4.78, 5) is 0. The average molecular weight is 487 g/mol. The maximum absolute atomic E-state index is 10.9. The van der Waals surface area contributed by atoms with Crippen molar-refractivity contribution < 1.29 is 59.8 Å². The normalized spacial score (nSPS) is 41.0. The van der Waals surface area contributed by atoms with Gasteiger partial charge in [0, 0.05) is 18.6 Å². The summed E-state index contributed by atoms with van der Waals surface area (Å²) in [5, 5.41) is 81.9. The molecule has 1 aromatic carbocycles. The van der Waals surface area contributed by atoms with Gasteiger partial charge >= 0.3 is 5.97 Å². The summed E-state index contributed by atoms with van der Waals surface area (Å²) in [6.45, 7) is -1.55. The van der Waals surface area contributed by atoms with Gasteiger partial charge in [-0.25, -0.2) is 0 Å². The number of hydrogen-bond donors (Lipinski definition) is 8. The fraction of sp³-hybridized carbons (Fsp3) is 0.619. The van der Waals surface area contributed by atoms with Crippen LogP contribution in [-0.4, -0.2) is 120 Å². The topological polar surface area (TPSA) is 204 Å². The van der Waals surface area contributed by atoms with E-state index in [4.69, 9.17) is 18.9 Å². The standard InChI is InChI=1S/C21H29NO12/c1-22-6-11(9-4-2-3-5-10(9)22)32-21(19(30)17(28)15(26)13(8-24)33-21)34-20-18(29)16(27)14(25)12(7-23)31-20/h2-6,12-20,23-30H,7-8H2,1H3/t12-,13-,14+,15+,16+,17+,18-,19-,20-,21+/m1/s1. The highest BCUT2D eigenvalue weighted by Gasteiger charge is 2.60. The van der Waals surface area contributed by atoms with Crippen LogP contribution in [0.15, 0.2) is 30.5 Å². The predicted octanol–water partition coefficient (Wildman–Crippen LogP) is -3.50. The van der Waals surface area contributed by atoms with E-state index in [2.05, 4.69) is 0 Å². The molecule has 4 rings (SSSR count). The highest BCUT2D eigenvalue weighted by atomic mass is 16.9. The minimum atomic E-state index is -2.66. The third kappa shape index (κ3) is 4.19. The number of nitrogens with zero attached hydrogens (tertiary/aromatic N) is 1. The molecule has 0 unspecified atom stereocenters. The lowest BCUT2D eigenvalue weighted by Gasteiger charge is -2.49. The van der Waals surface area contributed by atoms with Crippen molar-refractivity contribution in [2.24, 2.45) is 7.05 Å². The SMILES string of the molecule is Cn1cc(O[C@]2(O[C@H]3O[C@H](CO)[C@H](O)[C@H](O)[C@H]3O)O[C@H](CO)[C@H](O)[C@H](O)[C@H]2O)c2ccccc21. The van der Waals surface area contributed by atoms with Crippen molar-refractivity contribution in [3.05, 3.63) is 30.5 Å².